The molecular weight excluding hydrogens is 218 g/mol. The Morgan fingerprint density at radius 2 is 1.88 bits per heavy atom. The van der Waals surface area contributed by atoms with Crippen LogP contribution in [0.3, 0.4) is 0 Å². The van der Waals surface area contributed by atoms with Gasteiger partial charge in [-0.25, -0.2) is 0 Å². The largest absolute Gasteiger partial charge is 0.464 e. The second-order valence-electron chi connectivity index (χ2n) is 4.43. The van der Waals surface area contributed by atoms with E-state index in [1.807, 2.05) is 18.9 Å². The lowest BCUT2D eigenvalue weighted by Crippen LogP contribution is -2.41. The summed E-state index contributed by atoms with van der Waals surface area (Å²) in [5.41, 5.74) is 5.60. The van der Waals surface area contributed by atoms with Crippen LogP contribution in [-0.2, 0) is 0 Å². The van der Waals surface area contributed by atoms with E-state index in [1.54, 1.807) is 0 Å². The van der Waals surface area contributed by atoms with Crippen molar-refractivity contribution in [2.24, 2.45) is 0 Å². The minimum Gasteiger partial charge on any atom is -0.464 e. The Bertz CT molecular complexity index is 380. The molecule has 0 aliphatic heterocycles. The monoisotopic (exact) mass is 239 g/mol. The Morgan fingerprint density at radius 3 is 2.41 bits per heavy atom. The standard InChI is InChI=1S/C11H21N5O/c1-6-11(3,4)16(5)9-13-8(12)14-10(15-9)17-7-2/h6-7H2,1-5H3,(H2,12,13,14,15). The molecule has 1 aromatic rings. The average molecular weight is 239 g/mol. The van der Waals surface area contributed by atoms with E-state index in [2.05, 4.69) is 35.7 Å². The summed E-state index contributed by atoms with van der Waals surface area (Å²) in [6, 6.07) is 0.272. The smallest absolute Gasteiger partial charge is 0.323 e. The van der Waals surface area contributed by atoms with Crippen molar-refractivity contribution in [1.82, 2.24) is 15.0 Å². The number of hydrogen-bond donors (Lipinski definition) is 1. The number of ether oxygens (including phenoxy) is 1. The second-order valence-corrected chi connectivity index (χ2v) is 4.43. The highest BCUT2D eigenvalue weighted by Gasteiger charge is 2.24. The summed E-state index contributed by atoms with van der Waals surface area (Å²) in [5, 5.41) is 0. The molecule has 0 aliphatic carbocycles. The van der Waals surface area contributed by atoms with Crippen LogP contribution in [0.15, 0.2) is 0 Å². The topological polar surface area (TPSA) is 77.2 Å². The molecule has 1 rings (SSSR count). The summed E-state index contributed by atoms with van der Waals surface area (Å²) in [6.07, 6.45) is 0.971. The molecule has 17 heavy (non-hydrogen) atoms. The lowest BCUT2D eigenvalue weighted by atomic mass is 10.0. The van der Waals surface area contributed by atoms with Gasteiger partial charge in [0.25, 0.3) is 0 Å². The van der Waals surface area contributed by atoms with Gasteiger partial charge < -0.3 is 15.4 Å². The normalized spacial score (nSPS) is 11.4. The molecule has 0 fully saturated rings. The third-order valence-corrected chi connectivity index (χ3v) is 2.97. The number of nitrogen functional groups attached to an aromatic ring is 1. The first-order valence-corrected chi connectivity index (χ1v) is 5.79. The number of aromatic nitrogens is 3. The van der Waals surface area contributed by atoms with Crippen molar-refractivity contribution < 1.29 is 4.74 Å². The zero-order chi connectivity index (χ0) is 13.1. The van der Waals surface area contributed by atoms with E-state index in [0.29, 0.717) is 12.6 Å². The van der Waals surface area contributed by atoms with Crippen LogP contribution in [0.25, 0.3) is 0 Å². The lowest BCUT2D eigenvalue weighted by Gasteiger charge is -2.34. The maximum atomic E-state index is 5.64. The zero-order valence-electron chi connectivity index (χ0n) is 11.2. The maximum absolute atomic E-state index is 5.64. The van der Waals surface area contributed by atoms with Crippen molar-refractivity contribution in [1.29, 1.82) is 0 Å². The van der Waals surface area contributed by atoms with Gasteiger partial charge in [-0.15, -0.1) is 0 Å². The highest BCUT2D eigenvalue weighted by molar-refractivity contribution is 5.37. The summed E-state index contributed by atoms with van der Waals surface area (Å²) >= 11 is 0. The predicted molar refractivity (Wildman–Crippen MR) is 68.2 cm³/mol. The molecular formula is C11H21N5O. The van der Waals surface area contributed by atoms with Crippen molar-refractivity contribution in [2.75, 3.05) is 24.3 Å². The summed E-state index contributed by atoms with van der Waals surface area (Å²) in [7, 11) is 1.94. The van der Waals surface area contributed by atoms with Gasteiger partial charge >= 0.3 is 6.01 Å². The lowest BCUT2D eigenvalue weighted by molar-refractivity contribution is 0.311. The molecule has 0 unspecified atom stereocenters. The minimum absolute atomic E-state index is 0.0444. The van der Waals surface area contributed by atoms with Crippen LogP contribution in [-0.4, -0.2) is 34.1 Å². The van der Waals surface area contributed by atoms with E-state index in [9.17, 15) is 0 Å². The minimum atomic E-state index is -0.0444. The Kier molecular flexibility index (Phi) is 4.09. The third-order valence-electron chi connectivity index (χ3n) is 2.97. The van der Waals surface area contributed by atoms with Gasteiger partial charge in [0.1, 0.15) is 0 Å². The Morgan fingerprint density at radius 1 is 1.24 bits per heavy atom. The van der Waals surface area contributed by atoms with E-state index >= 15 is 0 Å². The molecule has 1 aromatic heterocycles. The van der Waals surface area contributed by atoms with Gasteiger partial charge in [0.05, 0.1) is 6.61 Å². The predicted octanol–water partition coefficient (Wildman–Crippen LogP) is 1.48. The molecule has 0 aromatic carbocycles. The highest BCUT2D eigenvalue weighted by Crippen LogP contribution is 2.22. The number of rotatable bonds is 5. The molecule has 1 heterocycles. The molecule has 0 saturated carbocycles. The molecule has 0 saturated heterocycles. The second kappa shape index (κ2) is 5.16. The van der Waals surface area contributed by atoms with Crippen LogP contribution in [0, 0.1) is 0 Å². The number of hydrogen-bond acceptors (Lipinski definition) is 6. The van der Waals surface area contributed by atoms with Gasteiger partial charge in [0.2, 0.25) is 11.9 Å². The van der Waals surface area contributed by atoms with E-state index in [0.717, 1.165) is 6.42 Å². The van der Waals surface area contributed by atoms with Crippen LogP contribution in [0.2, 0.25) is 0 Å². The molecule has 0 aliphatic rings. The van der Waals surface area contributed by atoms with Crippen molar-refractivity contribution in [2.45, 2.75) is 39.7 Å². The fourth-order valence-electron chi connectivity index (χ4n) is 1.21. The van der Waals surface area contributed by atoms with Gasteiger partial charge in [-0.05, 0) is 27.2 Å². The Labute approximate surface area is 102 Å². The average Bonchev–Trinajstić information content (AvgIpc) is 2.27. The van der Waals surface area contributed by atoms with Crippen LogP contribution in [0.4, 0.5) is 11.9 Å². The van der Waals surface area contributed by atoms with Crippen LogP contribution in [0.1, 0.15) is 34.1 Å². The number of nitrogens with two attached hydrogens (primary N) is 1. The number of nitrogens with zero attached hydrogens (tertiary/aromatic N) is 4. The van der Waals surface area contributed by atoms with Crippen molar-refractivity contribution in [3.8, 4) is 6.01 Å². The maximum Gasteiger partial charge on any atom is 0.323 e. The van der Waals surface area contributed by atoms with Gasteiger partial charge in [0, 0.05) is 12.6 Å². The quantitative estimate of drug-likeness (QED) is 0.838. The Hall–Kier alpha value is -1.59. The van der Waals surface area contributed by atoms with Crippen molar-refractivity contribution in [3.05, 3.63) is 0 Å². The van der Waals surface area contributed by atoms with Gasteiger partial charge in [-0.1, -0.05) is 6.92 Å². The molecule has 6 heteroatoms. The molecule has 0 atom stereocenters. The summed E-state index contributed by atoms with van der Waals surface area (Å²) in [5.74, 6) is 0.713. The zero-order valence-corrected chi connectivity index (χ0v) is 11.2. The van der Waals surface area contributed by atoms with E-state index in [-0.39, 0.29) is 17.5 Å². The number of anilines is 2. The fourth-order valence-corrected chi connectivity index (χ4v) is 1.21. The molecule has 96 valence electrons. The van der Waals surface area contributed by atoms with Crippen LogP contribution < -0.4 is 15.4 Å². The molecule has 0 amide bonds. The van der Waals surface area contributed by atoms with Crippen LogP contribution in [0.5, 0.6) is 6.01 Å². The SMILES string of the molecule is CCOc1nc(N)nc(N(C)C(C)(C)CC)n1. The molecule has 0 bridgehead atoms. The molecule has 6 nitrogen and oxygen atoms in total. The first-order chi connectivity index (χ1) is 7.90. The summed E-state index contributed by atoms with van der Waals surface area (Å²) < 4.78 is 5.25. The van der Waals surface area contributed by atoms with Gasteiger partial charge in [-0.3, -0.25) is 0 Å². The fraction of sp³-hybridized carbons (Fsp3) is 0.727. The highest BCUT2D eigenvalue weighted by atomic mass is 16.5. The van der Waals surface area contributed by atoms with Gasteiger partial charge in [0.15, 0.2) is 0 Å². The molecule has 2 N–H and O–H groups in total. The van der Waals surface area contributed by atoms with Crippen LogP contribution >= 0.6 is 0 Å². The molecule has 0 radical (unpaired) electrons. The van der Waals surface area contributed by atoms with Crippen molar-refractivity contribution in [3.63, 3.8) is 0 Å². The van der Waals surface area contributed by atoms with Crippen molar-refractivity contribution >= 4 is 11.9 Å². The van der Waals surface area contributed by atoms with E-state index in [4.69, 9.17) is 10.5 Å². The molecule has 0 spiro atoms. The summed E-state index contributed by atoms with van der Waals surface area (Å²) in [4.78, 5) is 14.3. The Balaban J connectivity index is 3.05. The first-order valence-electron chi connectivity index (χ1n) is 5.79. The first kappa shape index (κ1) is 13.5. The summed E-state index contributed by atoms with van der Waals surface area (Å²) in [6.45, 7) is 8.73. The van der Waals surface area contributed by atoms with Gasteiger partial charge in [-0.2, -0.15) is 15.0 Å². The van der Waals surface area contributed by atoms with E-state index < -0.39 is 0 Å². The third kappa shape index (κ3) is 3.18. The van der Waals surface area contributed by atoms with E-state index in [1.165, 1.54) is 0 Å².